The number of nitrogens with zero attached hydrogens (tertiary/aromatic N) is 3. The smallest absolute Gasteiger partial charge is 0.279 e. The summed E-state index contributed by atoms with van der Waals surface area (Å²) < 4.78 is 5.11. The molecule has 116 valence electrons. The predicted molar refractivity (Wildman–Crippen MR) is 91.6 cm³/mol. The fourth-order valence-corrected chi connectivity index (χ4v) is 2.52. The number of carbonyl (C=O) groups excluding carboxylic acids is 1. The van der Waals surface area contributed by atoms with Gasteiger partial charge in [0, 0.05) is 12.1 Å². The first-order valence-corrected chi connectivity index (χ1v) is 7.41. The van der Waals surface area contributed by atoms with Gasteiger partial charge in [-0.25, -0.2) is 0 Å². The maximum Gasteiger partial charge on any atom is 0.279 e. The number of methoxy groups -OCH3 is 1. The van der Waals surface area contributed by atoms with E-state index in [0.717, 1.165) is 22.6 Å². The average Bonchev–Trinajstić information content (AvgIpc) is 2.87. The highest BCUT2D eigenvalue weighted by molar-refractivity contribution is 6.54. The summed E-state index contributed by atoms with van der Waals surface area (Å²) >= 11 is 0. The second-order valence-corrected chi connectivity index (χ2v) is 5.03. The van der Waals surface area contributed by atoms with Gasteiger partial charge in [-0.3, -0.25) is 4.79 Å². The number of hydrogen-bond donors (Lipinski definition) is 0. The fraction of sp³-hybridized carbons (Fsp3) is 0.167. The first-order valence-electron chi connectivity index (χ1n) is 7.41. The number of fused-ring (bicyclic) bond motifs is 1. The van der Waals surface area contributed by atoms with E-state index < -0.39 is 0 Å². The summed E-state index contributed by atoms with van der Waals surface area (Å²) in [4.78, 5) is 14.1. The molecular weight excluding hydrogens is 290 g/mol. The van der Waals surface area contributed by atoms with Crippen LogP contribution in [0.3, 0.4) is 0 Å². The Labute approximate surface area is 134 Å². The number of carbonyl (C=O) groups is 1. The lowest BCUT2D eigenvalue weighted by Crippen LogP contribution is -2.29. The molecule has 0 saturated heterocycles. The van der Waals surface area contributed by atoms with Gasteiger partial charge in [-0.05, 0) is 42.8 Å². The third kappa shape index (κ3) is 2.85. The fourth-order valence-electron chi connectivity index (χ4n) is 2.52. The second-order valence-electron chi connectivity index (χ2n) is 5.03. The monoisotopic (exact) mass is 307 g/mol. The van der Waals surface area contributed by atoms with Crippen molar-refractivity contribution in [2.75, 3.05) is 18.6 Å². The van der Waals surface area contributed by atoms with E-state index in [1.807, 2.05) is 55.5 Å². The quantitative estimate of drug-likeness (QED) is 0.644. The molecule has 0 fully saturated rings. The summed E-state index contributed by atoms with van der Waals surface area (Å²) in [5.41, 5.74) is 2.98. The molecule has 0 atom stereocenters. The molecule has 3 rings (SSSR count). The average molecular weight is 307 g/mol. The van der Waals surface area contributed by atoms with Gasteiger partial charge in [0.05, 0.1) is 19.0 Å². The SMILES string of the molecule is CCN1C(=O)/C(=N/N=C\c2ccc(OC)cc2)c2ccccc21. The zero-order valence-electron chi connectivity index (χ0n) is 13.1. The Bertz CT molecular complexity index is 779. The van der Waals surface area contributed by atoms with Crippen molar-refractivity contribution < 1.29 is 9.53 Å². The van der Waals surface area contributed by atoms with Crippen molar-refractivity contribution in [2.24, 2.45) is 10.2 Å². The van der Waals surface area contributed by atoms with Crippen LogP contribution in [0.15, 0.2) is 58.7 Å². The van der Waals surface area contributed by atoms with Crippen LogP contribution in [0.2, 0.25) is 0 Å². The van der Waals surface area contributed by atoms with Crippen LogP contribution in [0.1, 0.15) is 18.1 Å². The van der Waals surface area contributed by atoms with E-state index in [1.54, 1.807) is 18.2 Å². The van der Waals surface area contributed by atoms with Crippen LogP contribution in [-0.4, -0.2) is 31.5 Å². The van der Waals surface area contributed by atoms with Crippen molar-refractivity contribution in [3.05, 3.63) is 59.7 Å². The molecule has 2 aromatic carbocycles. The first-order chi connectivity index (χ1) is 11.2. The van der Waals surface area contributed by atoms with Gasteiger partial charge in [0.2, 0.25) is 0 Å². The molecule has 0 N–H and O–H groups in total. The van der Waals surface area contributed by atoms with Crippen molar-refractivity contribution in [1.29, 1.82) is 0 Å². The number of amides is 1. The Kier molecular flexibility index (Phi) is 4.19. The predicted octanol–water partition coefficient (Wildman–Crippen LogP) is 2.88. The maximum absolute atomic E-state index is 12.4. The number of hydrogen-bond acceptors (Lipinski definition) is 4. The van der Waals surface area contributed by atoms with Crippen molar-refractivity contribution in [3.63, 3.8) is 0 Å². The minimum Gasteiger partial charge on any atom is -0.497 e. The lowest BCUT2D eigenvalue weighted by atomic mass is 10.1. The summed E-state index contributed by atoms with van der Waals surface area (Å²) in [6, 6.07) is 15.1. The van der Waals surface area contributed by atoms with Crippen LogP contribution in [0.25, 0.3) is 0 Å². The van der Waals surface area contributed by atoms with Crippen molar-refractivity contribution in [2.45, 2.75) is 6.92 Å². The number of para-hydroxylation sites is 1. The summed E-state index contributed by atoms with van der Waals surface area (Å²) in [5, 5.41) is 8.22. The van der Waals surface area contributed by atoms with E-state index in [-0.39, 0.29) is 5.91 Å². The zero-order valence-corrected chi connectivity index (χ0v) is 13.1. The Balaban J connectivity index is 1.87. The van der Waals surface area contributed by atoms with Gasteiger partial charge in [-0.2, -0.15) is 5.10 Å². The van der Waals surface area contributed by atoms with Gasteiger partial charge >= 0.3 is 0 Å². The summed E-state index contributed by atoms with van der Waals surface area (Å²) in [6.45, 7) is 2.55. The highest BCUT2D eigenvalue weighted by atomic mass is 16.5. The van der Waals surface area contributed by atoms with Gasteiger partial charge in [0.1, 0.15) is 5.75 Å². The molecule has 0 saturated carbocycles. The van der Waals surface area contributed by atoms with Crippen molar-refractivity contribution >= 4 is 23.5 Å². The van der Waals surface area contributed by atoms with E-state index in [1.165, 1.54) is 0 Å². The third-order valence-electron chi connectivity index (χ3n) is 3.69. The first kappa shape index (κ1) is 15.0. The molecule has 0 aliphatic carbocycles. The number of rotatable bonds is 4. The van der Waals surface area contributed by atoms with Crippen LogP contribution in [0.4, 0.5) is 5.69 Å². The maximum atomic E-state index is 12.4. The second kappa shape index (κ2) is 6.44. The standard InChI is InChI=1S/C18H17N3O2/c1-3-21-16-7-5-4-6-15(16)17(18(21)22)20-19-12-13-8-10-14(23-2)11-9-13/h4-12H,3H2,1-2H3/b19-12-,20-17+. The van der Waals surface area contributed by atoms with E-state index in [2.05, 4.69) is 10.2 Å². The van der Waals surface area contributed by atoms with Crippen LogP contribution >= 0.6 is 0 Å². The van der Waals surface area contributed by atoms with Gasteiger partial charge in [-0.15, -0.1) is 5.10 Å². The highest BCUT2D eigenvalue weighted by Gasteiger charge is 2.32. The highest BCUT2D eigenvalue weighted by Crippen LogP contribution is 2.28. The molecule has 0 aromatic heterocycles. The topological polar surface area (TPSA) is 54.3 Å². The Hall–Kier alpha value is -2.95. The van der Waals surface area contributed by atoms with E-state index >= 15 is 0 Å². The van der Waals surface area contributed by atoms with Crippen LogP contribution < -0.4 is 9.64 Å². The molecule has 1 heterocycles. The third-order valence-corrected chi connectivity index (χ3v) is 3.69. The van der Waals surface area contributed by atoms with Gasteiger partial charge in [-0.1, -0.05) is 18.2 Å². The molecule has 1 amide bonds. The van der Waals surface area contributed by atoms with Gasteiger partial charge in [0.25, 0.3) is 5.91 Å². The van der Waals surface area contributed by atoms with Gasteiger partial charge < -0.3 is 9.64 Å². The molecule has 23 heavy (non-hydrogen) atoms. The molecule has 0 spiro atoms. The molecule has 1 aliphatic rings. The van der Waals surface area contributed by atoms with Gasteiger partial charge in [0.15, 0.2) is 5.71 Å². The summed E-state index contributed by atoms with van der Waals surface area (Å²) in [5.74, 6) is 0.674. The Morgan fingerprint density at radius 1 is 1.13 bits per heavy atom. The molecule has 2 aromatic rings. The number of likely N-dealkylation sites (N-methyl/N-ethyl adjacent to an activating group) is 1. The summed E-state index contributed by atoms with van der Waals surface area (Å²) in [7, 11) is 1.62. The van der Waals surface area contributed by atoms with Crippen LogP contribution in [0, 0.1) is 0 Å². The van der Waals surface area contributed by atoms with E-state index in [9.17, 15) is 4.79 Å². The lowest BCUT2D eigenvalue weighted by Gasteiger charge is -2.12. The summed E-state index contributed by atoms with van der Waals surface area (Å²) in [6.07, 6.45) is 1.62. The van der Waals surface area contributed by atoms with Crippen molar-refractivity contribution in [3.8, 4) is 5.75 Å². The van der Waals surface area contributed by atoms with Crippen LogP contribution in [-0.2, 0) is 4.79 Å². The lowest BCUT2D eigenvalue weighted by molar-refractivity contribution is -0.112. The largest absolute Gasteiger partial charge is 0.497 e. The number of ether oxygens (including phenoxy) is 1. The van der Waals surface area contributed by atoms with Crippen molar-refractivity contribution in [1.82, 2.24) is 0 Å². The molecule has 0 bridgehead atoms. The number of benzene rings is 2. The zero-order chi connectivity index (χ0) is 16.2. The van der Waals surface area contributed by atoms with E-state index in [0.29, 0.717) is 12.3 Å². The molecule has 0 radical (unpaired) electrons. The minimum absolute atomic E-state index is 0.111. The molecule has 5 nitrogen and oxygen atoms in total. The van der Waals surface area contributed by atoms with E-state index in [4.69, 9.17) is 4.74 Å². The molecule has 5 heteroatoms. The minimum atomic E-state index is -0.111. The molecule has 1 aliphatic heterocycles. The van der Waals surface area contributed by atoms with Crippen LogP contribution in [0.5, 0.6) is 5.75 Å². The normalized spacial score (nSPS) is 15.5. The Morgan fingerprint density at radius 2 is 1.87 bits per heavy atom. The Morgan fingerprint density at radius 3 is 2.57 bits per heavy atom. The number of anilines is 1. The molecule has 0 unspecified atom stereocenters. The molecular formula is C18H17N3O2.